The summed E-state index contributed by atoms with van der Waals surface area (Å²) in [6, 6.07) is 8.52. The number of hydrogen-bond acceptors (Lipinski definition) is 3. The topological polar surface area (TPSA) is 30.5 Å². The van der Waals surface area contributed by atoms with Crippen LogP contribution in [0.1, 0.15) is 64.2 Å². The number of anilines is 1. The van der Waals surface area contributed by atoms with E-state index in [0.29, 0.717) is 0 Å². The van der Waals surface area contributed by atoms with Crippen LogP contribution in [0.2, 0.25) is 0 Å². The molecular formula is C27H30BrNO2. The van der Waals surface area contributed by atoms with Crippen LogP contribution in [0.5, 0.6) is 11.5 Å². The fourth-order valence-corrected chi connectivity index (χ4v) is 6.03. The first-order valence-electron chi connectivity index (χ1n) is 11.1. The van der Waals surface area contributed by atoms with Crippen LogP contribution in [-0.2, 0) is 0 Å². The highest BCUT2D eigenvalue weighted by Gasteiger charge is 2.44. The molecule has 1 N–H and O–H groups in total. The maximum absolute atomic E-state index is 6.92. The van der Waals surface area contributed by atoms with E-state index >= 15 is 0 Å². The fraction of sp³-hybridized carbons (Fsp3) is 0.407. The Kier molecular flexibility index (Phi) is 4.78. The van der Waals surface area contributed by atoms with Crippen molar-refractivity contribution in [1.82, 2.24) is 0 Å². The van der Waals surface area contributed by atoms with Gasteiger partial charge < -0.3 is 14.8 Å². The number of allylic oxidation sites excluding steroid dienone is 3. The van der Waals surface area contributed by atoms with E-state index in [1.807, 2.05) is 12.1 Å². The van der Waals surface area contributed by atoms with Gasteiger partial charge in [0.2, 0.25) is 0 Å². The molecule has 0 fully saturated rings. The van der Waals surface area contributed by atoms with Gasteiger partial charge in [0, 0.05) is 22.2 Å². The first-order chi connectivity index (χ1) is 14.7. The number of nitrogens with one attached hydrogen (secondary N) is 1. The van der Waals surface area contributed by atoms with Crippen molar-refractivity contribution >= 4 is 27.2 Å². The minimum atomic E-state index is -0.0769. The van der Waals surface area contributed by atoms with Gasteiger partial charge in [0.25, 0.3) is 0 Å². The van der Waals surface area contributed by atoms with Gasteiger partial charge in [-0.25, -0.2) is 0 Å². The molecule has 0 spiro atoms. The summed E-state index contributed by atoms with van der Waals surface area (Å²) < 4.78 is 13.7. The number of hydrogen-bond donors (Lipinski definition) is 1. The van der Waals surface area contributed by atoms with E-state index in [4.69, 9.17) is 9.47 Å². The summed E-state index contributed by atoms with van der Waals surface area (Å²) in [7, 11) is 1.73. The monoisotopic (exact) mass is 479 g/mol. The van der Waals surface area contributed by atoms with Crippen molar-refractivity contribution in [2.24, 2.45) is 5.41 Å². The highest BCUT2D eigenvalue weighted by Crippen LogP contribution is 2.59. The van der Waals surface area contributed by atoms with Crippen molar-refractivity contribution in [3.8, 4) is 22.6 Å². The van der Waals surface area contributed by atoms with Gasteiger partial charge in [0.15, 0.2) is 0 Å². The van der Waals surface area contributed by atoms with Crippen LogP contribution < -0.4 is 14.8 Å². The number of halogens is 1. The number of rotatable bonds is 2. The third-order valence-electron chi connectivity index (χ3n) is 7.00. The van der Waals surface area contributed by atoms with Gasteiger partial charge in [-0.15, -0.1) is 0 Å². The fourth-order valence-electron chi connectivity index (χ4n) is 5.61. The summed E-state index contributed by atoms with van der Waals surface area (Å²) in [5.74, 6) is 1.73. The average Bonchev–Trinajstić information content (AvgIpc) is 2.72. The summed E-state index contributed by atoms with van der Waals surface area (Å²) in [6.45, 7) is 9.04. The van der Waals surface area contributed by atoms with Crippen molar-refractivity contribution in [1.29, 1.82) is 0 Å². The van der Waals surface area contributed by atoms with Gasteiger partial charge in [-0.05, 0) is 85.3 Å². The predicted molar refractivity (Wildman–Crippen MR) is 132 cm³/mol. The maximum Gasteiger partial charge on any atom is 0.146 e. The standard InChI is InChI=1S/C27H30BrNO2/c1-16-15-26(2,3)29-19-11-9-17-22-20(30-5)12-10-18(28)24(22)31-25(23(17)21(16)19)27(4)13-7-6-8-14-27/h6-7,9-12,15,25,29H,8,13-14H2,1-5H3. The van der Waals surface area contributed by atoms with Crippen molar-refractivity contribution in [3.63, 3.8) is 0 Å². The molecule has 4 heteroatoms. The average molecular weight is 480 g/mol. The van der Waals surface area contributed by atoms with Crippen LogP contribution in [0.15, 0.2) is 47.0 Å². The largest absolute Gasteiger partial charge is 0.496 e. The lowest BCUT2D eigenvalue weighted by Gasteiger charge is -2.45. The van der Waals surface area contributed by atoms with E-state index in [-0.39, 0.29) is 17.1 Å². The zero-order valence-electron chi connectivity index (χ0n) is 18.9. The molecule has 2 unspecified atom stereocenters. The van der Waals surface area contributed by atoms with E-state index in [9.17, 15) is 0 Å². The lowest BCUT2D eigenvalue weighted by molar-refractivity contribution is 0.0476. The molecule has 2 atom stereocenters. The minimum Gasteiger partial charge on any atom is -0.496 e. The van der Waals surface area contributed by atoms with Crippen LogP contribution in [0.25, 0.3) is 16.7 Å². The molecule has 5 rings (SSSR count). The van der Waals surface area contributed by atoms with Crippen LogP contribution in [0.3, 0.4) is 0 Å². The van der Waals surface area contributed by atoms with Crippen molar-refractivity contribution in [2.45, 2.75) is 58.6 Å². The van der Waals surface area contributed by atoms with Crippen molar-refractivity contribution in [2.75, 3.05) is 12.4 Å². The molecule has 0 saturated carbocycles. The molecule has 0 saturated heterocycles. The molecule has 2 aromatic rings. The van der Waals surface area contributed by atoms with Crippen LogP contribution in [-0.4, -0.2) is 12.6 Å². The molecule has 162 valence electrons. The summed E-state index contributed by atoms with van der Waals surface area (Å²) in [6.07, 6.45) is 10.1. The quantitative estimate of drug-likeness (QED) is 0.443. The summed E-state index contributed by atoms with van der Waals surface area (Å²) >= 11 is 3.75. The Morgan fingerprint density at radius 1 is 1.10 bits per heavy atom. The molecule has 1 aliphatic carbocycles. The highest BCUT2D eigenvalue weighted by molar-refractivity contribution is 9.10. The lowest BCUT2D eigenvalue weighted by atomic mass is 9.68. The van der Waals surface area contributed by atoms with E-state index in [2.05, 4.69) is 79.3 Å². The SMILES string of the molecule is COc1ccc(Br)c2c1-c1ccc3c(c1C(C1(C)CC=CCC1)O2)C(C)=CC(C)(C)N3. The second kappa shape index (κ2) is 7.16. The van der Waals surface area contributed by atoms with Gasteiger partial charge in [-0.3, -0.25) is 0 Å². The molecule has 2 aliphatic heterocycles. The van der Waals surface area contributed by atoms with E-state index in [1.54, 1.807) is 7.11 Å². The summed E-state index contributed by atoms with van der Waals surface area (Å²) in [5, 5.41) is 3.73. The summed E-state index contributed by atoms with van der Waals surface area (Å²) in [4.78, 5) is 0. The summed E-state index contributed by atoms with van der Waals surface area (Å²) in [5.41, 5.74) is 7.26. The molecular weight excluding hydrogens is 450 g/mol. The third kappa shape index (κ3) is 3.22. The Hall–Kier alpha value is -2.20. The Morgan fingerprint density at radius 3 is 2.61 bits per heavy atom. The molecule has 0 bridgehead atoms. The Labute approximate surface area is 193 Å². The van der Waals surface area contributed by atoms with E-state index in [1.165, 1.54) is 28.0 Å². The Morgan fingerprint density at radius 2 is 1.90 bits per heavy atom. The first-order valence-corrected chi connectivity index (χ1v) is 11.9. The van der Waals surface area contributed by atoms with Gasteiger partial charge in [0.05, 0.1) is 22.7 Å². The maximum atomic E-state index is 6.92. The molecule has 2 heterocycles. The van der Waals surface area contributed by atoms with Gasteiger partial charge in [-0.1, -0.05) is 31.2 Å². The van der Waals surface area contributed by atoms with Crippen molar-refractivity contribution < 1.29 is 9.47 Å². The smallest absolute Gasteiger partial charge is 0.146 e. The second-order valence-electron chi connectivity index (χ2n) is 9.94. The number of ether oxygens (including phenoxy) is 2. The normalized spacial score (nSPS) is 25.4. The number of fused-ring (bicyclic) bond motifs is 5. The van der Waals surface area contributed by atoms with E-state index < -0.39 is 0 Å². The molecule has 2 aromatic carbocycles. The predicted octanol–water partition coefficient (Wildman–Crippen LogP) is 7.91. The second-order valence-corrected chi connectivity index (χ2v) is 10.8. The third-order valence-corrected chi connectivity index (χ3v) is 7.62. The van der Waals surface area contributed by atoms with Gasteiger partial charge in [0.1, 0.15) is 17.6 Å². The zero-order chi connectivity index (χ0) is 22.0. The lowest BCUT2D eigenvalue weighted by Crippen LogP contribution is -2.36. The Bertz CT molecular complexity index is 1130. The molecule has 0 radical (unpaired) electrons. The molecule has 3 aliphatic rings. The first kappa shape index (κ1) is 20.7. The van der Waals surface area contributed by atoms with Gasteiger partial charge in [-0.2, -0.15) is 0 Å². The molecule has 31 heavy (non-hydrogen) atoms. The zero-order valence-corrected chi connectivity index (χ0v) is 20.5. The van der Waals surface area contributed by atoms with Crippen LogP contribution >= 0.6 is 15.9 Å². The highest BCUT2D eigenvalue weighted by atomic mass is 79.9. The van der Waals surface area contributed by atoms with E-state index in [0.717, 1.165) is 40.8 Å². The number of methoxy groups -OCH3 is 1. The number of benzene rings is 2. The van der Waals surface area contributed by atoms with Gasteiger partial charge >= 0.3 is 0 Å². The minimum absolute atomic E-state index is 0.0199. The molecule has 0 amide bonds. The van der Waals surface area contributed by atoms with Crippen LogP contribution in [0, 0.1) is 5.41 Å². The Balaban J connectivity index is 1.83. The molecule has 0 aromatic heterocycles. The van der Waals surface area contributed by atoms with Crippen molar-refractivity contribution in [3.05, 3.63) is 58.1 Å². The van der Waals surface area contributed by atoms with Crippen LogP contribution in [0.4, 0.5) is 5.69 Å². The molecule has 3 nitrogen and oxygen atoms in total.